The molecule has 2 aromatic rings. The molecule has 1 fully saturated rings. The first-order valence-electron chi connectivity index (χ1n) is 13.1. The number of piperidine rings is 1. The van der Waals surface area contributed by atoms with E-state index in [0.29, 0.717) is 54.5 Å². The van der Waals surface area contributed by atoms with Crippen LogP contribution in [0.5, 0.6) is 17.2 Å². The second-order valence-corrected chi connectivity index (χ2v) is 11.5. The Morgan fingerprint density at radius 2 is 1.66 bits per heavy atom. The number of carbonyl (C=O) groups is 2. The molecule has 8 heteroatoms. The molecule has 0 aromatic heterocycles. The van der Waals surface area contributed by atoms with Crippen molar-refractivity contribution in [1.82, 2.24) is 9.91 Å². The Hall–Kier alpha value is -3.55. The number of likely N-dealkylation sites (tertiary alicyclic amines) is 1. The summed E-state index contributed by atoms with van der Waals surface area (Å²) in [6, 6.07) is 11.2. The highest BCUT2D eigenvalue weighted by atomic mass is 16.5. The van der Waals surface area contributed by atoms with Gasteiger partial charge in [0.1, 0.15) is 11.4 Å². The molecular weight excluding hydrogens is 482 g/mol. The van der Waals surface area contributed by atoms with Crippen molar-refractivity contribution in [3.8, 4) is 17.2 Å². The van der Waals surface area contributed by atoms with Gasteiger partial charge in [0.2, 0.25) is 0 Å². The lowest BCUT2D eigenvalue weighted by atomic mass is 9.83. The van der Waals surface area contributed by atoms with Gasteiger partial charge in [0, 0.05) is 24.2 Å². The zero-order valence-corrected chi connectivity index (χ0v) is 23.8. The van der Waals surface area contributed by atoms with Crippen LogP contribution < -0.4 is 14.2 Å². The molecule has 0 spiro atoms. The van der Waals surface area contributed by atoms with Crippen LogP contribution in [0.15, 0.2) is 41.5 Å². The Bertz CT molecular complexity index is 1250. The molecule has 0 saturated carbocycles. The van der Waals surface area contributed by atoms with Gasteiger partial charge in [-0.3, -0.25) is 9.59 Å². The Kier molecular flexibility index (Phi) is 7.46. The summed E-state index contributed by atoms with van der Waals surface area (Å²) in [7, 11) is 3.18. The van der Waals surface area contributed by atoms with Crippen molar-refractivity contribution in [1.29, 1.82) is 0 Å². The maximum Gasteiger partial charge on any atom is 0.254 e. The van der Waals surface area contributed by atoms with Crippen LogP contribution in [0, 0.1) is 12.3 Å². The summed E-state index contributed by atoms with van der Waals surface area (Å²) in [6.45, 7) is 12.8. The third kappa shape index (κ3) is 5.35. The number of aryl methyl sites for hydroxylation is 1. The Morgan fingerprint density at radius 1 is 1.00 bits per heavy atom. The van der Waals surface area contributed by atoms with Gasteiger partial charge in [0.15, 0.2) is 11.5 Å². The van der Waals surface area contributed by atoms with Gasteiger partial charge in [-0.05, 0) is 90.3 Å². The highest BCUT2D eigenvalue weighted by Gasteiger charge is 2.47. The molecule has 2 aliphatic rings. The molecule has 0 N–H and O–H groups in total. The molecule has 8 nitrogen and oxygen atoms in total. The second-order valence-electron chi connectivity index (χ2n) is 11.5. The lowest BCUT2D eigenvalue weighted by molar-refractivity contribution is -0.137. The SMILES string of the molecule is COc1ccc(C2=NN(C3CCN(C(=O)c4cc(OC(C)(C)C)ccc4C)CC3)C(=O)C2(C)C)cc1OC. The molecule has 2 aromatic carbocycles. The molecule has 0 aliphatic carbocycles. The zero-order chi connectivity index (χ0) is 27.8. The normalized spacial score (nSPS) is 17.9. The molecule has 0 bridgehead atoms. The van der Waals surface area contributed by atoms with Crippen molar-refractivity contribution in [2.45, 2.75) is 66.0 Å². The van der Waals surface area contributed by atoms with Gasteiger partial charge in [-0.25, -0.2) is 5.01 Å². The number of rotatable bonds is 6. The van der Waals surface area contributed by atoms with E-state index in [1.165, 1.54) is 0 Å². The van der Waals surface area contributed by atoms with Gasteiger partial charge in [0.05, 0.1) is 31.4 Å². The van der Waals surface area contributed by atoms with E-state index in [1.807, 2.05) is 82.8 Å². The minimum absolute atomic E-state index is 0.0112. The monoisotopic (exact) mass is 521 g/mol. The molecule has 4 rings (SSSR count). The van der Waals surface area contributed by atoms with Crippen molar-refractivity contribution in [3.63, 3.8) is 0 Å². The number of amides is 2. The summed E-state index contributed by atoms with van der Waals surface area (Å²) in [5, 5.41) is 6.45. The molecule has 204 valence electrons. The molecule has 0 radical (unpaired) electrons. The van der Waals surface area contributed by atoms with E-state index in [4.69, 9.17) is 19.3 Å². The van der Waals surface area contributed by atoms with E-state index in [-0.39, 0.29) is 23.5 Å². The summed E-state index contributed by atoms with van der Waals surface area (Å²) in [5.74, 6) is 1.85. The average Bonchev–Trinajstić information content (AvgIpc) is 3.12. The maximum absolute atomic E-state index is 13.5. The van der Waals surface area contributed by atoms with E-state index < -0.39 is 5.41 Å². The largest absolute Gasteiger partial charge is 0.493 e. The third-order valence-corrected chi connectivity index (χ3v) is 7.16. The van der Waals surface area contributed by atoms with Gasteiger partial charge >= 0.3 is 0 Å². The standard InChI is InChI=1S/C30H39N3O5/c1-19-9-11-22(38-29(2,3)4)18-23(19)27(34)32-15-13-21(14-16-32)33-28(35)30(5,6)26(31-33)20-10-12-24(36-7)25(17-20)37-8/h9-12,17-18,21H,13-16H2,1-8H3. The highest BCUT2D eigenvalue weighted by molar-refractivity contribution is 6.19. The minimum atomic E-state index is -0.781. The van der Waals surface area contributed by atoms with Crippen LogP contribution in [-0.2, 0) is 4.79 Å². The molecule has 2 heterocycles. The van der Waals surface area contributed by atoms with Gasteiger partial charge in [-0.15, -0.1) is 0 Å². The van der Waals surface area contributed by atoms with Crippen molar-refractivity contribution in [2.75, 3.05) is 27.3 Å². The number of nitrogens with zero attached hydrogens (tertiary/aromatic N) is 3. The lowest BCUT2D eigenvalue weighted by Gasteiger charge is -2.36. The summed E-state index contributed by atoms with van der Waals surface area (Å²) in [4.78, 5) is 28.8. The summed E-state index contributed by atoms with van der Waals surface area (Å²) >= 11 is 0. The van der Waals surface area contributed by atoms with Crippen LogP contribution >= 0.6 is 0 Å². The molecule has 2 aliphatic heterocycles. The van der Waals surface area contributed by atoms with E-state index >= 15 is 0 Å². The van der Waals surface area contributed by atoms with Crippen molar-refractivity contribution in [3.05, 3.63) is 53.1 Å². The van der Waals surface area contributed by atoms with E-state index in [0.717, 1.165) is 11.1 Å². The van der Waals surface area contributed by atoms with Gasteiger partial charge in [-0.2, -0.15) is 5.10 Å². The number of ether oxygens (including phenoxy) is 3. The molecule has 0 unspecified atom stereocenters. The Labute approximate surface area is 225 Å². The van der Waals surface area contributed by atoms with Gasteiger partial charge < -0.3 is 19.1 Å². The summed E-state index contributed by atoms with van der Waals surface area (Å²) < 4.78 is 16.8. The predicted molar refractivity (Wildman–Crippen MR) is 147 cm³/mol. The van der Waals surface area contributed by atoms with Crippen LogP contribution in [0.25, 0.3) is 0 Å². The number of benzene rings is 2. The van der Waals surface area contributed by atoms with Crippen molar-refractivity contribution < 1.29 is 23.8 Å². The number of hydrogen-bond acceptors (Lipinski definition) is 6. The molecule has 2 amide bonds. The van der Waals surface area contributed by atoms with Crippen molar-refractivity contribution in [2.24, 2.45) is 10.5 Å². The second kappa shape index (κ2) is 10.3. The number of carbonyl (C=O) groups excluding carboxylic acids is 2. The van der Waals surface area contributed by atoms with Crippen LogP contribution in [0.2, 0.25) is 0 Å². The van der Waals surface area contributed by atoms with E-state index in [9.17, 15) is 9.59 Å². The molecular formula is C30H39N3O5. The number of hydrazone groups is 1. The first-order chi connectivity index (χ1) is 17.9. The fourth-order valence-electron chi connectivity index (χ4n) is 5.05. The first-order valence-corrected chi connectivity index (χ1v) is 13.1. The first kappa shape index (κ1) is 27.5. The lowest BCUT2D eigenvalue weighted by Crippen LogP contribution is -2.47. The average molecular weight is 522 g/mol. The van der Waals surface area contributed by atoms with Gasteiger partial charge in [-0.1, -0.05) is 6.07 Å². The quantitative estimate of drug-likeness (QED) is 0.530. The van der Waals surface area contributed by atoms with E-state index in [1.54, 1.807) is 19.2 Å². The smallest absolute Gasteiger partial charge is 0.254 e. The van der Waals surface area contributed by atoms with Gasteiger partial charge in [0.25, 0.3) is 11.8 Å². The third-order valence-electron chi connectivity index (χ3n) is 7.16. The molecule has 38 heavy (non-hydrogen) atoms. The predicted octanol–water partition coefficient (Wildman–Crippen LogP) is 5.07. The van der Waals surface area contributed by atoms with Crippen molar-refractivity contribution >= 4 is 17.5 Å². The van der Waals surface area contributed by atoms with Crippen LogP contribution in [0.3, 0.4) is 0 Å². The van der Waals surface area contributed by atoms with Crippen LogP contribution in [0.4, 0.5) is 0 Å². The highest BCUT2D eigenvalue weighted by Crippen LogP contribution is 2.37. The fourth-order valence-corrected chi connectivity index (χ4v) is 5.05. The number of hydrogen-bond donors (Lipinski definition) is 0. The Balaban J connectivity index is 1.49. The minimum Gasteiger partial charge on any atom is -0.493 e. The summed E-state index contributed by atoms with van der Waals surface area (Å²) in [6.07, 6.45) is 1.32. The van der Waals surface area contributed by atoms with Crippen LogP contribution in [-0.4, -0.2) is 66.4 Å². The summed E-state index contributed by atoms with van der Waals surface area (Å²) in [5.41, 5.74) is 1.96. The zero-order valence-electron chi connectivity index (χ0n) is 23.8. The molecule has 1 saturated heterocycles. The van der Waals surface area contributed by atoms with Crippen LogP contribution in [0.1, 0.15) is 68.9 Å². The topological polar surface area (TPSA) is 80.7 Å². The van der Waals surface area contributed by atoms with E-state index in [2.05, 4.69) is 0 Å². The molecule has 0 atom stereocenters. The maximum atomic E-state index is 13.5. The fraction of sp³-hybridized carbons (Fsp3) is 0.500. The number of methoxy groups -OCH3 is 2. The Morgan fingerprint density at radius 3 is 2.26 bits per heavy atom.